The van der Waals surface area contributed by atoms with Gasteiger partial charge in [0.05, 0.1) is 0 Å². The zero-order valence-corrected chi connectivity index (χ0v) is 9.83. The van der Waals surface area contributed by atoms with Crippen LogP contribution in [0.4, 0.5) is 13.2 Å². The fourth-order valence-electron chi connectivity index (χ4n) is 1.77. The first-order valence-electron chi connectivity index (χ1n) is 5.43. The molecule has 0 saturated heterocycles. The van der Waals surface area contributed by atoms with Crippen LogP contribution in [0.2, 0.25) is 0 Å². The van der Waals surface area contributed by atoms with E-state index in [0.29, 0.717) is 0 Å². The Labute approximate surface area is 98.5 Å². The van der Waals surface area contributed by atoms with E-state index in [0.717, 1.165) is 0 Å². The second-order valence-electron chi connectivity index (χ2n) is 4.63. The van der Waals surface area contributed by atoms with Crippen LogP contribution >= 0.6 is 0 Å². The average molecular weight is 247 g/mol. The van der Waals surface area contributed by atoms with E-state index < -0.39 is 18.2 Å². The van der Waals surface area contributed by atoms with Crippen molar-refractivity contribution in [1.29, 1.82) is 0 Å². The molecule has 0 amide bonds. The normalized spacial score (nSPS) is 15.9. The van der Waals surface area contributed by atoms with Crippen molar-refractivity contribution < 1.29 is 18.3 Å². The summed E-state index contributed by atoms with van der Waals surface area (Å²) >= 11 is 0. The summed E-state index contributed by atoms with van der Waals surface area (Å²) in [6.45, 7) is 3.30. The lowest BCUT2D eigenvalue weighted by Crippen LogP contribution is -2.48. The lowest BCUT2D eigenvalue weighted by molar-refractivity contribution is -0.265. The highest BCUT2D eigenvalue weighted by Crippen LogP contribution is 2.37. The Morgan fingerprint density at radius 3 is 2.35 bits per heavy atom. The third-order valence-corrected chi connectivity index (χ3v) is 2.47. The predicted octanol–water partition coefficient (Wildman–Crippen LogP) is 2.96. The Kier molecular flexibility index (Phi) is 4.14. The Morgan fingerprint density at radius 1 is 1.29 bits per heavy atom. The van der Waals surface area contributed by atoms with Crippen molar-refractivity contribution in [3.05, 3.63) is 30.1 Å². The van der Waals surface area contributed by atoms with E-state index in [1.165, 1.54) is 12.3 Å². The first-order chi connectivity index (χ1) is 7.74. The Morgan fingerprint density at radius 2 is 1.94 bits per heavy atom. The fourth-order valence-corrected chi connectivity index (χ4v) is 1.77. The van der Waals surface area contributed by atoms with Gasteiger partial charge in [-0.1, -0.05) is 19.9 Å². The minimum atomic E-state index is -4.64. The molecule has 0 radical (unpaired) electrons. The van der Waals surface area contributed by atoms with Gasteiger partial charge in [0, 0.05) is 18.3 Å². The zero-order valence-electron chi connectivity index (χ0n) is 9.83. The molecule has 1 unspecified atom stereocenters. The predicted molar refractivity (Wildman–Crippen MR) is 58.4 cm³/mol. The van der Waals surface area contributed by atoms with Crippen LogP contribution in [0.25, 0.3) is 0 Å². The molecule has 1 rings (SSSR count). The summed E-state index contributed by atoms with van der Waals surface area (Å²) in [6, 6.07) is 4.71. The molecule has 1 heterocycles. The summed E-state index contributed by atoms with van der Waals surface area (Å²) in [5, 5.41) is 9.81. The minimum Gasteiger partial charge on any atom is -0.380 e. The number of hydrogen-bond acceptors (Lipinski definition) is 2. The summed E-state index contributed by atoms with van der Waals surface area (Å²) in [4.78, 5) is 3.82. The monoisotopic (exact) mass is 247 g/mol. The van der Waals surface area contributed by atoms with Crippen molar-refractivity contribution in [2.45, 2.75) is 38.5 Å². The van der Waals surface area contributed by atoms with Crippen LogP contribution in [0.15, 0.2) is 24.4 Å². The molecule has 0 saturated carbocycles. The SMILES string of the molecule is CC(C)CC(O)(Cc1ccccn1)C(F)(F)F. The first kappa shape index (κ1) is 14.0. The lowest BCUT2D eigenvalue weighted by Gasteiger charge is -2.31. The molecule has 96 valence electrons. The molecular weight excluding hydrogens is 231 g/mol. The molecule has 0 bridgehead atoms. The molecule has 5 heteroatoms. The number of hydrogen-bond donors (Lipinski definition) is 1. The molecule has 0 aromatic carbocycles. The van der Waals surface area contributed by atoms with Crippen LogP contribution < -0.4 is 0 Å². The molecule has 2 nitrogen and oxygen atoms in total. The fraction of sp³-hybridized carbons (Fsp3) is 0.583. The van der Waals surface area contributed by atoms with Crippen molar-refractivity contribution in [2.75, 3.05) is 0 Å². The van der Waals surface area contributed by atoms with Crippen molar-refractivity contribution in [2.24, 2.45) is 5.92 Å². The van der Waals surface area contributed by atoms with Gasteiger partial charge < -0.3 is 5.11 Å². The summed E-state index contributed by atoms with van der Waals surface area (Å²) in [6.07, 6.45) is -4.06. The molecule has 0 aliphatic rings. The van der Waals surface area contributed by atoms with Crippen LogP contribution in [0.5, 0.6) is 0 Å². The maximum atomic E-state index is 12.9. The van der Waals surface area contributed by atoms with Gasteiger partial charge in [-0.25, -0.2) is 0 Å². The standard InChI is InChI=1S/C12H16F3NO/c1-9(2)7-11(17,12(13,14)15)8-10-5-3-4-6-16-10/h3-6,9,17H,7-8H2,1-2H3. The minimum absolute atomic E-state index is 0.243. The summed E-state index contributed by atoms with van der Waals surface area (Å²) in [5.74, 6) is -0.245. The lowest BCUT2D eigenvalue weighted by atomic mass is 9.87. The summed E-state index contributed by atoms with van der Waals surface area (Å²) in [5.41, 5.74) is -2.46. The number of pyridine rings is 1. The zero-order chi connectivity index (χ0) is 13.1. The van der Waals surface area contributed by atoms with Crippen LogP contribution in [0.1, 0.15) is 26.0 Å². The molecule has 1 aromatic rings. The van der Waals surface area contributed by atoms with Crippen LogP contribution in [0, 0.1) is 5.92 Å². The maximum absolute atomic E-state index is 12.9. The van der Waals surface area contributed by atoms with E-state index in [4.69, 9.17) is 0 Å². The number of rotatable bonds is 4. The number of aromatic nitrogens is 1. The van der Waals surface area contributed by atoms with Crippen LogP contribution in [-0.2, 0) is 6.42 Å². The van der Waals surface area contributed by atoms with Gasteiger partial charge in [-0.2, -0.15) is 13.2 Å². The number of alkyl halides is 3. The first-order valence-corrected chi connectivity index (χ1v) is 5.43. The van der Waals surface area contributed by atoms with Gasteiger partial charge in [0.1, 0.15) is 0 Å². The highest BCUT2D eigenvalue weighted by atomic mass is 19.4. The van der Waals surface area contributed by atoms with Crippen molar-refractivity contribution >= 4 is 0 Å². The van der Waals surface area contributed by atoms with Crippen LogP contribution in [0.3, 0.4) is 0 Å². The van der Waals surface area contributed by atoms with Gasteiger partial charge in [-0.15, -0.1) is 0 Å². The topological polar surface area (TPSA) is 33.1 Å². The molecular formula is C12H16F3NO. The summed E-state index contributed by atoms with van der Waals surface area (Å²) < 4.78 is 38.6. The average Bonchev–Trinajstić information content (AvgIpc) is 2.15. The van der Waals surface area contributed by atoms with E-state index in [9.17, 15) is 18.3 Å². The molecule has 0 aliphatic carbocycles. The van der Waals surface area contributed by atoms with Gasteiger partial charge in [0.2, 0.25) is 0 Å². The van der Waals surface area contributed by atoms with E-state index in [1.54, 1.807) is 26.0 Å². The van der Waals surface area contributed by atoms with Gasteiger partial charge in [0.15, 0.2) is 5.60 Å². The largest absolute Gasteiger partial charge is 0.417 e. The van der Waals surface area contributed by atoms with Crippen molar-refractivity contribution in [3.8, 4) is 0 Å². The van der Waals surface area contributed by atoms with Crippen LogP contribution in [-0.4, -0.2) is 21.9 Å². The Bertz CT molecular complexity index is 351. The van der Waals surface area contributed by atoms with E-state index in [-0.39, 0.29) is 18.0 Å². The molecule has 0 spiro atoms. The summed E-state index contributed by atoms with van der Waals surface area (Å²) in [7, 11) is 0. The molecule has 17 heavy (non-hydrogen) atoms. The van der Waals surface area contributed by atoms with E-state index in [1.807, 2.05) is 0 Å². The highest BCUT2D eigenvalue weighted by Gasteiger charge is 2.53. The molecule has 1 aromatic heterocycles. The number of aliphatic hydroxyl groups is 1. The second-order valence-corrected chi connectivity index (χ2v) is 4.63. The second kappa shape index (κ2) is 5.04. The van der Waals surface area contributed by atoms with Gasteiger partial charge >= 0.3 is 6.18 Å². The highest BCUT2D eigenvalue weighted by molar-refractivity contribution is 5.08. The smallest absolute Gasteiger partial charge is 0.380 e. The third kappa shape index (κ3) is 3.70. The molecule has 0 fully saturated rings. The van der Waals surface area contributed by atoms with Gasteiger partial charge in [-0.05, 0) is 24.5 Å². The Hall–Kier alpha value is -1.10. The third-order valence-electron chi connectivity index (χ3n) is 2.47. The van der Waals surface area contributed by atoms with E-state index in [2.05, 4.69) is 4.98 Å². The van der Waals surface area contributed by atoms with Crippen molar-refractivity contribution in [3.63, 3.8) is 0 Å². The van der Waals surface area contributed by atoms with Crippen molar-refractivity contribution in [1.82, 2.24) is 4.98 Å². The molecule has 1 atom stereocenters. The molecule has 1 N–H and O–H groups in total. The van der Waals surface area contributed by atoms with E-state index >= 15 is 0 Å². The van der Waals surface area contributed by atoms with Gasteiger partial charge in [0.25, 0.3) is 0 Å². The molecule has 0 aliphatic heterocycles. The van der Waals surface area contributed by atoms with Gasteiger partial charge in [-0.3, -0.25) is 4.98 Å². The number of nitrogens with zero attached hydrogens (tertiary/aromatic N) is 1. The quantitative estimate of drug-likeness (QED) is 0.887. The Balaban J connectivity index is 2.92. The number of halogens is 3. The maximum Gasteiger partial charge on any atom is 0.417 e.